The minimum absolute atomic E-state index is 0.187. The third kappa shape index (κ3) is 4.39. The van der Waals surface area contributed by atoms with Crippen LogP contribution >= 0.6 is 22.9 Å². The van der Waals surface area contributed by atoms with Gasteiger partial charge in [-0.2, -0.15) is 0 Å². The van der Waals surface area contributed by atoms with Gasteiger partial charge in [-0.3, -0.25) is 14.7 Å². The van der Waals surface area contributed by atoms with Crippen LogP contribution in [0.2, 0.25) is 5.02 Å². The van der Waals surface area contributed by atoms with Gasteiger partial charge < -0.3 is 0 Å². The van der Waals surface area contributed by atoms with Gasteiger partial charge in [-0.15, -0.1) is 0 Å². The topological polar surface area (TPSA) is 80.2 Å². The number of hydrogen-bond donors (Lipinski definition) is 0. The van der Waals surface area contributed by atoms with E-state index in [4.69, 9.17) is 11.6 Å². The summed E-state index contributed by atoms with van der Waals surface area (Å²) in [6, 6.07) is 17.0. The van der Waals surface area contributed by atoms with Crippen molar-refractivity contribution < 1.29 is 13.2 Å². The third-order valence-electron chi connectivity index (χ3n) is 4.93. The number of para-hydroxylation sites is 1. The van der Waals surface area contributed by atoms with Gasteiger partial charge in [0.15, 0.2) is 15.0 Å². The van der Waals surface area contributed by atoms with Crippen molar-refractivity contribution in [1.29, 1.82) is 0 Å². The Morgan fingerprint density at radius 2 is 1.81 bits per heavy atom. The van der Waals surface area contributed by atoms with Gasteiger partial charge in [0.2, 0.25) is 0 Å². The van der Waals surface area contributed by atoms with E-state index in [1.807, 2.05) is 24.3 Å². The standard InChI is InChI=1S/C23H20ClN3O3S2/c1-15(2)32(29,30)18-11-9-16(10-12-18)22(28)27(14-17-6-3-4-13-25-17)23-26-21-19(24)7-5-8-20(21)31-23/h3-13,15H,14H2,1-2H3. The number of anilines is 1. The molecule has 164 valence electrons. The van der Waals surface area contributed by atoms with E-state index in [9.17, 15) is 13.2 Å². The van der Waals surface area contributed by atoms with E-state index in [1.54, 1.807) is 32.2 Å². The number of nitrogens with zero attached hydrogens (tertiary/aromatic N) is 3. The molecule has 0 radical (unpaired) electrons. The highest BCUT2D eigenvalue weighted by atomic mass is 35.5. The molecule has 9 heteroatoms. The van der Waals surface area contributed by atoms with Crippen LogP contribution in [-0.4, -0.2) is 29.5 Å². The molecule has 2 aromatic heterocycles. The minimum atomic E-state index is -3.42. The lowest BCUT2D eigenvalue weighted by molar-refractivity contribution is 0.0984. The molecule has 32 heavy (non-hydrogen) atoms. The van der Waals surface area contributed by atoms with Crippen LogP contribution in [0.1, 0.15) is 29.9 Å². The number of halogens is 1. The lowest BCUT2D eigenvalue weighted by atomic mass is 10.2. The van der Waals surface area contributed by atoms with Gasteiger partial charge in [-0.25, -0.2) is 13.4 Å². The molecule has 0 spiro atoms. The molecule has 4 rings (SSSR count). The monoisotopic (exact) mass is 485 g/mol. The van der Waals surface area contributed by atoms with Crippen LogP contribution in [0.4, 0.5) is 5.13 Å². The zero-order chi connectivity index (χ0) is 22.9. The second kappa shape index (κ2) is 8.97. The Hall–Kier alpha value is -2.81. The first-order chi connectivity index (χ1) is 15.3. The summed E-state index contributed by atoms with van der Waals surface area (Å²) in [5.74, 6) is -0.306. The zero-order valence-corrected chi connectivity index (χ0v) is 19.8. The van der Waals surface area contributed by atoms with Crippen LogP contribution in [0.5, 0.6) is 0 Å². The van der Waals surface area contributed by atoms with Crippen LogP contribution in [0.15, 0.2) is 71.8 Å². The lowest BCUT2D eigenvalue weighted by Gasteiger charge is -2.20. The SMILES string of the molecule is CC(C)S(=O)(=O)c1ccc(C(=O)N(Cc2ccccn2)c2nc3c(Cl)cccc3s2)cc1. The summed E-state index contributed by atoms with van der Waals surface area (Å²) >= 11 is 7.65. The molecule has 0 unspecified atom stereocenters. The largest absolute Gasteiger partial charge is 0.278 e. The Morgan fingerprint density at radius 1 is 1.06 bits per heavy atom. The van der Waals surface area contributed by atoms with Gasteiger partial charge in [0.25, 0.3) is 5.91 Å². The first kappa shape index (κ1) is 22.4. The smallest absolute Gasteiger partial charge is 0.260 e. The predicted octanol–water partition coefficient (Wildman–Crippen LogP) is 5.37. The molecule has 6 nitrogen and oxygen atoms in total. The van der Waals surface area contributed by atoms with Crippen molar-refractivity contribution in [2.24, 2.45) is 0 Å². The normalized spacial score (nSPS) is 11.8. The summed E-state index contributed by atoms with van der Waals surface area (Å²) in [4.78, 5) is 24.2. The van der Waals surface area contributed by atoms with E-state index in [0.29, 0.717) is 26.9 Å². The highest BCUT2D eigenvalue weighted by Gasteiger charge is 2.24. The van der Waals surface area contributed by atoms with E-state index in [1.165, 1.54) is 40.5 Å². The van der Waals surface area contributed by atoms with Gasteiger partial charge in [0, 0.05) is 11.8 Å². The van der Waals surface area contributed by atoms with E-state index in [-0.39, 0.29) is 17.3 Å². The maximum absolute atomic E-state index is 13.5. The number of amides is 1. The molecule has 0 aliphatic carbocycles. The van der Waals surface area contributed by atoms with Gasteiger partial charge in [-0.05, 0) is 62.4 Å². The van der Waals surface area contributed by atoms with Crippen molar-refractivity contribution in [3.05, 3.63) is 83.1 Å². The molecule has 0 aliphatic rings. The molecule has 1 amide bonds. The summed E-state index contributed by atoms with van der Waals surface area (Å²) in [7, 11) is -3.42. The van der Waals surface area contributed by atoms with E-state index < -0.39 is 15.1 Å². The number of sulfone groups is 1. The first-order valence-electron chi connectivity index (χ1n) is 9.88. The molecule has 0 bridgehead atoms. The molecular formula is C23H20ClN3O3S2. The Kier molecular flexibility index (Phi) is 6.28. The molecule has 0 aliphatic heterocycles. The van der Waals surface area contributed by atoms with E-state index in [0.717, 1.165) is 4.70 Å². The number of rotatable bonds is 6. The van der Waals surface area contributed by atoms with Gasteiger partial charge in [0.05, 0.1) is 32.1 Å². The highest BCUT2D eigenvalue weighted by molar-refractivity contribution is 7.92. The van der Waals surface area contributed by atoms with E-state index in [2.05, 4.69) is 9.97 Å². The zero-order valence-electron chi connectivity index (χ0n) is 17.4. The molecule has 4 aromatic rings. The number of aromatic nitrogens is 2. The number of pyridine rings is 1. The summed E-state index contributed by atoms with van der Waals surface area (Å²) in [6.45, 7) is 3.46. The Bertz CT molecular complexity index is 1370. The first-order valence-corrected chi connectivity index (χ1v) is 12.6. The molecule has 2 aromatic carbocycles. The fourth-order valence-corrected chi connectivity index (χ4v) is 5.44. The third-order valence-corrected chi connectivity index (χ3v) is 8.45. The summed E-state index contributed by atoms with van der Waals surface area (Å²) < 4.78 is 25.7. The minimum Gasteiger partial charge on any atom is -0.278 e. The maximum Gasteiger partial charge on any atom is 0.260 e. The average molecular weight is 486 g/mol. The van der Waals surface area contributed by atoms with Crippen molar-refractivity contribution in [1.82, 2.24) is 9.97 Å². The van der Waals surface area contributed by atoms with Gasteiger partial charge in [-0.1, -0.05) is 35.1 Å². The number of benzene rings is 2. The number of carbonyl (C=O) groups is 1. The Labute approximate surface area is 195 Å². The van der Waals surface area contributed by atoms with E-state index >= 15 is 0 Å². The second-order valence-electron chi connectivity index (χ2n) is 7.41. The Morgan fingerprint density at radius 3 is 2.44 bits per heavy atom. The molecular weight excluding hydrogens is 466 g/mol. The Balaban J connectivity index is 1.74. The van der Waals surface area contributed by atoms with Crippen molar-refractivity contribution in [2.75, 3.05) is 4.90 Å². The van der Waals surface area contributed by atoms with Crippen LogP contribution < -0.4 is 4.90 Å². The lowest BCUT2D eigenvalue weighted by Crippen LogP contribution is -2.30. The van der Waals surface area contributed by atoms with Crippen LogP contribution in [0, 0.1) is 0 Å². The van der Waals surface area contributed by atoms with Crippen molar-refractivity contribution in [3.63, 3.8) is 0 Å². The number of fused-ring (bicyclic) bond motifs is 1. The fourth-order valence-electron chi connectivity index (χ4n) is 3.11. The van der Waals surface area contributed by atoms with Gasteiger partial charge in [0.1, 0.15) is 5.52 Å². The molecule has 0 N–H and O–H groups in total. The number of hydrogen-bond acceptors (Lipinski definition) is 6. The molecule has 0 atom stereocenters. The van der Waals surface area contributed by atoms with Crippen LogP contribution in [0.3, 0.4) is 0 Å². The quantitative estimate of drug-likeness (QED) is 0.366. The average Bonchev–Trinajstić information content (AvgIpc) is 3.23. The van der Waals surface area contributed by atoms with Crippen LogP contribution in [0.25, 0.3) is 10.2 Å². The fraction of sp³-hybridized carbons (Fsp3) is 0.174. The van der Waals surface area contributed by atoms with Crippen LogP contribution in [-0.2, 0) is 16.4 Å². The molecule has 0 saturated carbocycles. The predicted molar refractivity (Wildman–Crippen MR) is 128 cm³/mol. The van der Waals surface area contributed by atoms with Crippen molar-refractivity contribution >= 4 is 54.0 Å². The molecule has 2 heterocycles. The van der Waals surface area contributed by atoms with Crippen molar-refractivity contribution in [2.45, 2.75) is 30.5 Å². The summed E-state index contributed by atoms with van der Waals surface area (Å²) in [5, 5.41) is 0.457. The van der Waals surface area contributed by atoms with Gasteiger partial charge >= 0.3 is 0 Å². The highest BCUT2D eigenvalue weighted by Crippen LogP contribution is 2.34. The summed E-state index contributed by atoms with van der Waals surface area (Å²) in [6.07, 6.45) is 1.67. The number of carbonyl (C=O) groups excluding carboxylic acids is 1. The second-order valence-corrected chi connectivity index (χ2v) is 11.3. The number of thiazole rings is 1. The summed E-state index contributed by atoms with van der Waals surface area (Å²) in [5.41, 5.74) is 1.69. The molecule has 0 saturated heterocycles. The maximum atomic E-state index is 13.5. The van der Waals surface area contributed by atoms with Crippen molar-refractivity contribution in [3.8, 4) is 0 Å². The molecule has 0 fully saturated rings.